The molecule has 38 heavy (non-hydrogen) atoms. The van der Waals surface area contributed by atoms with Crippen molar-refractivity contribution in [2.75, 3.05) is 14.2 Å². The molecule has 224 valence electrons. The van der Waals surface area contributed by atoms with E-state index >= 15 is 0 Å². The maximum Gasteiger partial charge on any atom is 0.334 e. The van der Waals surface area contributed by atoms with Gasteiger partial charge in [-0.15, -0.1) is 0 Å². The molecule has 0 amide bonds. The van der Waals surface area contributed by atoms with Crippen LogP contribution in [-0.2, 0) is 19.1 Å². The lowest BCUT2D eigenvalue weighted by Gasteiger charge is -2.13. The molecule has 0 N–H and O–H groups in total. The maximum absolute atomic E-state index is 12.5. The summed E-state index contributed by atoms with van der Waals surface area (Å²) in [6, 6.07) is 0. The minimum absolute atomic E-state index is 0.368. The maximum atomic E-state index is 12.5. The third kappa shape index (κ3) is 21.6. The van der Waals surface area contributed by atoms with Gasteiger partial charge >= 0.3 is 11.9 Å². The van der Waals surface area contributed by atoms with Gasteiger partial charge in [-0.05, 0) is 25.7 Å². The lowest BCUT2D eigenvalue weighted by atomic mass is 9.96. The van der Waals surface area contributed by atoms with E-state index in [4.69, 9.17) is 9.47 Å². The zero-order chi connectivity index (χ0) is 28.1. The van der Waals surface area contributed by atoms with Gasteiger partial charge in [0.1, 0.15) is 0 Å². The van der Waals surface area contributed by atoms with Crippen LogP contribution in [0.15, 0.2) is 11.1 Å². The summed E-state index contributed by atoms with van der Waals surface area (Å²) in [4.78, 5) is 25.1. The fourth-order valence-electron chi connectivity index (χ4n) is 5.28. The predicted octanol–water partition coefficient (Wildman–Crippen LogP) is 10.8. The van der Waals surface area contributed by atoms with E-state index in [1.54, 1.807) is 0 Å². The number of rotatable bonds is 28. The van der Waals surface area contributed by atoms with Crippen LogP contribution in [0, 0.1) is 0 Å². The molecule has 0 aliphatic carbocycles. The summed E-state index contributed by atoms with van der Waals surface area (Å²) < 4.78 is 10.1. The Morgan fingerprint density at radius 2 is 0.579 bits per heavy atom. The number of carbonyl (C=O) groups excluding carboxylic acids is 2. The zero-order valence-electron chi connectivity index (χ0n) is 26.0. The lowest BCUT2D eigenvalue weighted by molar-refractivity contribution is -0.139. The van der Waals surface area contributed by atoms with Crippen molar-refractivity contribution in [3.63, 3.8) is 0 Å². The summed E-state index contributed by atoms with van der Waals surface area (Å²) in [5.41, 5.74) is 1.07. The summed E-state index contributed by atoms with van der Waals surface area (Å²) in [7, 11) is 2.81. The van der Waals surface area contributed by atoms with E-state index in [0.717, 1.165) is 25.7 Å². The Bertz CT molecular complexity index is 531. The van der Waals surface area contributed by atoms with Gasteiger partial charge in [0.05, 0.1) is 14.2 Å². The van der Waals surface area contributed by atoms with Crippen molar-refractivity contribution in [1.82, 2.24) is 0 Å². The highest BCUT2D eigenvalue weighted by molar-refractivity contribution is 6.00. The monoisotopic (exact) mass is 536 g/mol. The molecule has 0 bridgehead atoms. The Balaban J connectivity index is 4.27. The Morgan fingerprint density at radius 1 is 0.368 bits per heavy atom. The second kappa shape index (κ2) is 28.7. The number of ether oxygens (including phenoxy) is 2. The van der Waals surface area contributed by atoms with E-state index in [-0.39, 0.29) is 11.9 Å². The van der Waals surface area contributed by atoms with Crippen molar-refractivity contribution < 1.29 is 19.1 Å². The number of unbranched alkanes of at least 4 members (excludes halogenated alkanes) is 22. The predicted molar refractivity (Wildman–Crippen MR) is 162 cm³/mol. The Kier molecular flexibility index (Phi) is 27.7. The van der Waals surface area contributed by atoms with Crippen molar-refractivity contribution in [3.05, 3.63) is 11.1 Å². The van der Waals surface area contributed by atoms with Crippen LogP contribution in [0.4, 0.5) is 0 Å². The third-order valence-corrected chi connectivity index (χ3v) is 7.79. The lowest BCUT2D eigenvalue weighted by Crippen LogP contribution is -2.15. The van der Waals surface area contributed by atoms with Crippen LogP contribution in [-0.4, -0.2) is 26.2 Å². The van der Waals surface area contributed by atoms with E-state index in [2.05, 4.69) is 13.8 Å². The molecule has 0 aliphatic rings. The number of methoxy groups -OCH3 is 2. The molecule has 0 radical (unpaired) electrons. The van der Waals surface area contributed by atoms with E-state index in [1.807, 2.05) is 0 Å². The molecular formula is C34H64O4. The number of carbonyl (C=O) groups is 2. The van der Waals surface area contributed by atoms with E-state index in [0.29, 0.717) is 24.0 Å². The average molecular weight is 537 g/mol. The van der Waals surface area contributed by atoms with Crippen LogP contribution >= 0.6 is 0 Å². The molecule has 4 nitrogen and oxygen atoms in total. The Morgan fingerprint density at radius 3 is 0.789 bits per heavy atom. The number of hydrogen-bond acceptors (Lipinski definition) is 4. The summed E-state index contributed by atoms with van der Waals surface area (Å²) in [6.07, 6.45) is 31.8. The molecule has 0 rings (SSSR count). The second-order valence-corrected chi connectivity index (χ2v) is 11.2. The molecule has 0 aromatic carbocycles. The molecule has 0 spiro atoms. The van der Waals surface area contributed by atoms with Crippen molar-refractivity contribution >= 4 is 11.9 Å². The fraction of sp³-hybridized carbons (Fsp3) is 0.882. The van der Waals surface area contributed by atoms with Gasteiger partial charge in [-0.2, -0.15) is 0 Å². The highest BCUT2D eigenvalue weighted by atomic mass is 16.5. The van der Waals surface area contributed by atoms with Crippen LogP contribution in [0.2, 0.25) is 0 Å². The van der Waals surface area contributed by atoms with Crippen LogP contribution < -0.4 is 0 Å². The van der Waals surface area contributed by atoms with E-state index in [9.17, 15) is 9.59 Å². The van der Waals surface area contributed by atoms with E-state index < -0.39 is 0 Å². The second-order valence-electron chi connectivity index (χ2n) is 11.2. The van der Waals surface area contributed by atoms with Crippen molar-refractivity contribution in [1.29, 1.82) is 0 Å². The third-order valence-electron chi connectivity index (χ3n) is 7.79. The SMILES string of the molecule is CCCCCCCCCCCCCC/C(C(=O)OC)=C(\CCCCCCCCCCCCCC)C(=O)OC. The highest BCUT2D eigenvalue weighted by Gasteiger charge is 2.21. The van der Waals surface area contributed by atoms with E-state index in [1.165, 1.54) is 143 Å². The summed E-state index contributed by atoms with van der Waals surface area (Å²) in [5, 5.41) is 0. The molecule has 0 atom stereocenters. The van der Waals surface area contributed by atoms with Gasteiger partial charge in [0, 0.05) is 11.1 Å². The van der Waals surface area contributed by atoms with Gasteiger partial charge < -0.3 is 9.47 Å². The van der Waals surface area contributed by atoms with Crippen molar-refractivity contribution in [3.8, 4) is 0 Å². The molecule has 0 fully saturated rings. The minimum atomic E-state index is -0.368. The van der Waals surface area contributed by atoms with Gasteiger partial charge in [-0.3, -0.25) is 0 Å². The number of esters is 2. The van der Waals surface area contributed by atoms with Crippen LogP contribution in [0.3, 0.4) is 0 Å². The van der Waals surface area contributed by atoms with Crippen molar-refractivity contribution in [2.24, 2.45) is 0 Å². The molecule has 0 unspecified atom stereocenters. The Labute approximate surface area is 237 Å². The zero-order valence-corrected chi connectivity index (χ0v) is 26.0. The molecule has 4 heteroatoms. The quantitative estimate of drug-likeness (QED) is 0.0567. The summed E-state index contributed by atoms with van der Waals surface area (Å²) >= 11 is 0. The molecule has 0 saturated carbocycles. The molecule has 0 saturated heterocycles. The topological polar surface area (TPSA) is 52.6 Å². The largest absolute Gasteiger partial charge is 0.466 e. The smallest absolute Gasteiger partial charge is 0.334 e. The molecule has 0 aromatic rings. The number of hydrogen-bond donors (Lipinski definition) is 0. The molecule has 0 aliphatic heterocycles. The summed E-state index contributed by atoms with van der Waals surface area (Å²) in [5.74, 6) is -0.736. The van der Waals surface area contributed by atoms with Crippen LogP contribution in [0.25, 0.3) is 0 Å². The molecule has 0 aromatic heterocycles. The average Bonchev–Trinajstić information content (AvgIpc) is 2.93. The first-order valence-electron chi connectivity index (χ1n) is 16.5. The first kappa shape index (κ1) is 36.7. The minimum Gasteiger partial charge on any atom is -0.466 e. The van der Waals surface area contributed by atoms with Gasteiger partial charge in [0.2, 0.25) is 0 Å². The Hall–Kier alpha value is -1.32. The standard InChI is InChI=1S/C34H64O4/c1-5-7-9-11-13-15-17-19-21-23-25-27-29-31(33(35)37-3)32(34(36)38-4)30-28-26-24-22-20-18-16-14-12-10-8-6-2/h5-30H2,1-4H3/b32-31-. The van der Waals surface area contributed by atoms with Crippen LogP contribution in [0.5, 0.6) is 0 Å². The van der Waals surface area contributed by atoms with Gasteiger partial charge in [-0.1, -0.05) is 155 Å². The molecular weight excluding hydrogens is 472 g/mol. The van der Waals surface area contributed by atoms with Gasteiger partial charge in [0.25, 0.3) is 0 Å². The summed E-state index contributed by atoms with van der Waals surface area (Å²) in [6.45, 7) is 4.53. The fourth-order valence-corrected chi connectivity index (χ4v) is 5.28. The van der Waals surface area contributed by atoms with Crippen molar-refractivity contribution in [2.45, 2.75) is 181 Å². The van der Waals surface area contributed by atoms with Gasteiger partial charge in [-0.25, -0.2) is 9.59 Å². The normalized spacial score (nSPS) is 11.9. The molecule has 0 heterocycles. The highest BCUT2D eigenvalue weighted by Crippen LogP contribution is 2.23. The first-order valence-corrected chi connectivity index (χ1v) is 16.5. The van der Waals surface area contributed by atoms with Crippen LogP contribution in [0.1, 0.15) is 181 Å². The first-order chi connectivity index (χ1) is 18.6. The van der Waals surface area contributed by atoms with Gasteiger partial charge in [0.15, 0.2) is 0 Å².